The molecule has 10 heteroatoms. The van der Waals surface area contributed by atoms with Gasteiger partial charge in [-0.05, 0) is 25.9 Å². The molecule has 0 radical (unpaired) electrons. The van der Waals surface area contributed by atoms with Gasteiger partial charge < -0.3 is 25.0 Å². The minimum atomic E-state index is -0.468. The van der Waals surface area contributed by atoms with E-state index in [1.54, 1.807) is 7.11 Å². The number of nitrogens with one attached hydrogen (secondary N) is 2. The van der Waals surface area contributed by atoms with Gasteiger partial charge in [0, 0.05) is 46.3 Å². The average molecular weight is 441 g/mol. The summed E-state index contributed by atoms with van der Waals surface area (Å²) in [7, 11) is 1.64. The highest BCUT2D eigenvalue weighted by Crippen LogP contribution is 2.30. The second kappa shape index (κ2) is 12.1. The molecule has 3 rings (SSSR count). The number of carbonyl (C=O) groups is 2. The third-order valence-electron chi connectivity index (χ3n) is 5.80. The molecule has 0 bridgehead atoms. The number of carbonyl (C=O) groups excluding carboxylic acids is 2. The topological polar surface area (TPSA) is 83.1 Å². The molecule has 3 saturated heterocycles. The van der Waals surface area contributed by atoms with Gasteiger partial charge >= 0.3 is 0 Å². The average Bonchev–Trinajstić information content (AvgIpc) is 3.01. The number of piperidine rings is 1. The summed E-state index contributed by atoms with van der Waals surface area (Å²) in [6.45, 7) is 7.67. The van der Waals surface area contributed by atoms with E-state index in [9.17, 15) is 9.59 Å². The van der Waals surface area contributed by atoms with Crippen LogP contribution in [0.5, 0.6) is 0 Å². The van der Waals surface area contributed by atoms with Crippen molar-refractivity contribution >= 4 is 36.6 Å². The fourth-order valence-corrected chi connectivity index (χ4v) is 4.13. The van der Waals surface area contributed by atoms with Crippen molar-refractivity contribution in [2.75, 3.05) is 72.7 Å². The first-order chi connectivity index (χ1) is 12.6. The normalized spacial score (nSPS) is 25.0. The molecule has 0 aromatic heterocycles. The van der Waals surface area contributed by atoms with Gasteiger partial charge in [0.25, 0.3) is 0 Å². The van der Waals surface area contributed by atoms with Gasteiger partial charge in [0.2, 0.25) is 11.8 Å². The maximum atomic E-state index is 12.9. The molecule has 8 nitrogen and oxygen atoms in total. The molecule has 3 aliphatic heterocycles. The minimum Gasteiger partial charge on any atom is -0.384 e. The van der Waals surface area contributed by atoms with Crippen molar-refractivity contribution in [3.8, 4) is 0 Å². The van der Waals surface area contributed by atoms with Gasteiger partial charge in [0.15, 0.2) is 0 Å². The molecular formula is C18H34Cl2N4O4. The second-order valence-corrected chi connectivity index (χ2v) is 7.63. The Kier molecular flexibility index (Phi) is 11.0. The summed E-state index contributed by atoms with van der Waals surface area (Å²) in [5, 5.41) is 6.43. The number of halogens is 2. The molecule has 2 amide bonds. The van der Waals surface area contributed by atoms with Crippen LogP contribution in [0.25, 0.3) is 0 Å². The van der Waals surface area contributed by atoms with Crippen LogP contribution in [0.4, 0.5) is 0 Å². The molecule has 3 fully saturated rings. The number of likely N-dealkylation sites (tertiary alicyclic amines) is 1. The fourth-order valence-electron chi connectivity index (χ4n) is 4.13. The number of morpholine rings is 1. The minimum absolute atomic E-state index is 0. The molecule has 0 aliphatic carbocycles. The largest absolute Gasteiger partial charge is 0.384 e. The number of hydrogen-bond acceptors (Lipinski definition) is 6. The summed E-state index contributed by atoms with van der Waals surface area (Å²) in [6.07, 6.45) is 1.94. The summed E-state index contributed by atoms with van der Waals surface area (Å²) in [5.41, 5.74) is -0.468. The van der Waals surface area contributed by atoms with Gasteiger partial charge in [-0.15, -0.1) is 24.8 Å². The van der Waals surface area contributed by atoms with E-state index in [4.69, 9.17) is 9.47 Å². The van der Waals surface area contributed by atoms with Crippen LogP contribution in [0.15, 0.2) is 0 Å². The summed E-state index contributed by atoms with van der Waals surface area (Å²) in [5.74, 6) is 0.170. The maximum absolute atomic E-state index is 12.9. The Balaban J connectivity index is 0.00000196. The molecule has 0 spiro atoms. The smallest absolute Gasteiger partial charge is 0.228 e. The first-order valence-electron chi connectivity index (χ1n) is 9.71. The molecule has 3 aliphatic rings. The Morgan fingerprint density at radius 1 is 1.25 bits per heavy atom. The number of methoxy groups -OCH3 is 1. The lowest BCUT2D eigenvalue weighted by Crippen LogP contribution is -2.53. The van der Waals surface area contributed by atoms with E-state index < -0.39 is 5.41 Å². The van der Waals surface area contributed by atoms with Crippen LogP contribution < -0.4 is 10.6 Å². The predicted molar refractivity (Wildman–Crippen MR) is 111 cm³/mol. The lowest BCUT2D eigenvalue weighted by molar-refractivity contribution is -0.136. The molecule has 2 N–H and O–H groups in total. The van der Waals surface area contributed by atoms with Crippen LogP contribution in [0.2, 0.25) is 0 Å². The highest BCUT2D eigenvalue weighted by atomic mass is 35.5. The second-order valence-electron chi connectivity index (χ2n) is 7.63. The number of hydrogen-bond donors (Lipinski definition) is 2. The monoisotopic (exact) mass is 440 g/mol. The Hall–Kier alpha value is -0.640. The lowest BCUT2D eigenvalue weighted by atomic mass is 9.78. The molecule has 3 heterocycles. The van der Waals surface area contributed by atoms with Crippen molar-refractivity contribution in [3.63, 3.8) is 0 Å². The van der Waals surface area contributed by atoms with Gasteiger partial charge in [-0.25, -0.2) is 0 Å². The molecular weight excluding hydrogens is 407 g/mol. The van der Waals surface area contributed by atoms with Crippen LogP contribution in [0.3, 0.4) is 0 Å². The van der Waals surface area contributed by atoms with Gasteiger partial charge in [-0.1, -0.05) is 0 Å². The zero-order valence-corrected chi connectivity index (χ0v) is 18.2. The Morgan fingerprint density at radius 2 is 1.93 bits per heavy atom. The van der Waals surface area contributed by atoms with E-state index >= 15 is 0 Å². The van der Waals surface area contributed by atoms with E-state index in [0.29, 0.717) is 19.6 Å². The summed E-state index contributed by atoms with van der Waals surface area (Å²) < 4.78 is 10.7. The van der Waals surface area contributed by atoms with E-state index in [2.05, 4.69) is 15.5 Å². The zero-order valence-electron chi connectivity index (χ0n) is 16.6. The molecule has 164 valence electrons. The molecule has 1 unspecified atom stereocenters. The summed E-state index contributed by atoms with van der Waals surface area (Å²) in [4.78, 5) is 29.4. The van der Waals surface area contributed by atoms with E-state index in [1.807, 2.05) is 4.90 Å². The van der Waals surface area contributed by atoms with Crippen molar-refractivity contribution in [2.24, 2.45) is 5.41 Å². The summed E-state index contributed by atoms with van der Waals surface area (Å²) >= 11 is 0. The third kappa shape index (κ3) is 6.43. The van der Waals surface area contributed by atoms with Crippen molar-refractivity contribution in [1.29, 1.82) is 0 Å². The van der Waals surface area contributed by atoms with Crippen LogP contribution >= 0.6 is 24.8 Å². The van der Waals surface area contributed by atoms with Gasteiger partial charge in [0.05, 0.1) is 31.3 Å². The standard InChI is InChI=1S/C18H32N4O4.2ClH/c1-25-14-18(2-4-19-5-3-18)17(24)20-15-12-16(23)22(13-15)7-6-21-8-10-26-11-9-21;;/h15,19H,2-14H2,1H3,(H,20,24);2*1H. The lowest BCUT2D eigenvalue weighted by Gasteiger charge is -2.36. The number of amides is 2. The van der Waals surface area contributed by atoms with Crippen molar-refractivity contribution < 1.29 is 19.1 Å². The highest BCUT2D eigenvalue weighted by molar-refractivity contribution is 5.86. The zero-order chi connectivity index (χ0) is 18.4. The summed E-state index contributed by atoms with van der Waals surface area (Å²) in [6, 6.07) is -0.0942. The first kappa shape index (κ1) is 25.4. The van der Waals surface area contributed by atoms with Gasteiger partial charge in [-0.3, -0.25) is 14.5 Å². The molecule has 0 saturated carbocycles. The third-order valence-corrected chi connectivity index (χ3v) is 5.80. The number of ether oxygens (including phenoxy) is 2. The molecule has 1 atom stereocenters. The molecule has 0 aromatic carbocycles. The van der Waals surface area contributed by atoms with Crippen LogP contribution in [0.1, 0.15) is 19.3 Å². The maximum Gasteiger partial charge on any atom is 0.228 e. The SMILES string of the molecule is COCC1(C(=O)NC2CC(=O)N(CCN3CCOCC3)C2)CCNCC1.Cl.Cl. The van der Waals surface area contributed by atoms with Crippen LogP contribution in [0, 0.1) is 5.41 Å². The quantitative estimate of drug-likeness (QED) is 0.574. The van der Waals surface area contributed by atoms with Gasteiger partial charge in [-0.2, -0.15) is 0 Å². The number of nitrogens with zero attached hydrogens (tertiary/aromatic N) is 2. The van der Waals surface area contributed by atoms with Crippen molar-refractivity contribution in [1.82, 2.24) is 20.4 Å². The van der Waals surface area contributed by atoms with Crippen molar-refractivity contribution in [2.45, 2.75) is 25.3 Å². The van der Waals surface area contributed by atoms with Crippen LogP contribution in [-0.4, -0.2) is 100 Å². The number of rotatable bonds is 7. The first-order valence-corrected chi connectivity index (χ1v) is 9.71. The van der Waals surface area contributed by atoms with E-state index in [0.717, 1.165) is 65.3 Å². The molecule has 0 aromatic rings. The van der Waals surface area contributed by atoms with Crippen LogP contribution in [-0.2, 0) is 19.1 Å². The highest BCUT2D eigenvalue weighted by Gasteiger charge is 2.42. The van der Waals surface area contributed by atoms with Gasteiger partial charge in [0.1, 0.15) is 0 Å². The Labute approximate surface area is 179 Å². The van der Waals surface area contributed by atoms with E-state index in [1.165, 1.54) is 0 Å². The van der Waals surface area contributed by atoms with E-state index in [-0.39, 0.29) is 42.7 Å². The molecule has 28 heavy (non-hydrogen) atoms. The fraction of sp³-hybridized carbons (Fsp3) is 0.889. The Morgan fingerprint density at radius 3 is 2.57 bits per heavy atom. The predicted octanol–water partition coefficient (Wildman–Crippen LogP) is -0.104. The van der Waals surface area contributed by atoms with Crippen molar-refractivity contribution in [3.05, 3.63) is 0 Å². The Bertz CT molecular complexity index is 494.